The minimum atomic E-state index is -0.989. The third kappa shape index (κ3) is 4.83. The van der Waals surface area contributed by atoms with E-state index in [0.29, 0.717) is 6.61 Å². The van der Waals surface area contributed by atoms with Crippen molar-refractivity contribution in [1.82, 2.24) is 0 Å². The molecule has 116 valence electrons. The zero-order chi connectivity index (χ0) is 15.9. The van der Waals surface area contributed by atoms with Crippen LogP contribution in [0.5, 0.6) is 5.75 Å². The third-order valence-corrected chi connectivity index (χ3v) is 5.57. The van der Waals surface area contributed by atoms with E-state index < -0.39 is 11.2 Å². The van der Waals surface area contributed by atoms with Crippen LogP contribution >= 0.6 is 11.8 Å². The maximum atomic E-state index is 11.7. The molecule has 0 saturated heterocycles. The van der Waals surface area contributed by atoms with Gasteiger partial charge in [0.25, 0.3) is 0 Å². The second-order valence-electron chi connectivity index (χ2n) is 4.94. The molecule has 0 aromatic heterocycles. The number of hydrogen-bond donors (Lipinski definition) is 0. The topological polar surface area (TPSA) is 32.3 Å². The van der Waals surface area contributed by atoms with Crippen LogP contribution in [-0.4, -0.2) is 17.1 Å². The highest BCUT2D eigenvalue weighted by Crippen LogP contribution is 2.28. The Hall–Kier alpha value is -1.36. The minimum absolute atomic E-state index is 0.523. The largest absolute Gasteiger partial charge is 0.611 e. The van der Waals surface area contributed by atoms with Crippen molar-refractivity contribution in [3.63, 3.8) is 0 Å². The zero-order valence-electron chi connectivity index (χ0n) is 13.0. The lowest BCUT2D eigenvalue weighted by atomic mass is 10.1. The van der Waals surface area contributed by atoms with Crippen LogP contribution in [0, 0.1) is 6.92 Å². The summed E-state index contributed by atoms with van der Waals surface area (Å²) in [5.74, 6) is 0.820. The average Bonchev–Trinajstić information content (AvgIpc) is 2.52. The van der Waals surface area contributed by atoms with Gasteiger partial charge in [0, 0.05) is 11.6 Å². The van der Waals surface area contributed by atoms with E-state index in [1.807, 2.05) is 67.8 Å². The van der Waals surface area contributed by atoms with Crippen LogP contribution in [-0.2, 0) is 17.8 Å². The van der Waals surface area contributed by atoms with Crippen LogP contribution in [0.15, 0.2) is 52.8 Å². The highest BCUT2D eigenvalue weighted by Gasteiger charge is 2.10. The second kappa shape index (κ2) is 8.32. The maximum Gasteiger partial charge on any atom is 0.186 e. The third-order valence-electron chi connectivity index (χ3n) is 3.16. The van der Waals surface area contributed by atoms with Crippen molar-refractivity contribution in [2.75, 3.05) is 12.5 Å². The molecule has 22 heavy (non-hydrogen) atoms. The van der Waals surface area contributed by atoms with Crippen molar-refractivity contribution in [1.29, 1.82) is 0 Å². The van der Waals surface area contributed by atoms with E-state index in [-0.39, 0.29) is 0 Å². The minimum Gasteiger partial charge on any atom is -0.611 e. The van der Waals surface area contributed by atoms with E-state index in [1.165, 1.54) is 11.8 Å². The van der Waals surface area contributed by atoms with E-state index >= 15 is 0 Å². The summed E-state index contributed by atoms with van der Waals surface area (Å²) in [5, 5.41) is 0. The van der Waals surface area contributed by atoms with Crippen molar-refractivity contribution in [3.8, 4) is 5.75 Å². The molecule has 0 bridgehead atoms. The van der Waals surface area contributed by atoms with E-state index in [4.69, 9.17) is 4.74 Å². The highest BCUT2D eigenvalue weighted by atomic mass is 32.3. The summed E-state index contributed by atoms with van der Waals surface area (Å²) in [6, 6.07) is 16.1. The molecular formula is C18H20O2S2. The Balaban J connectivity index is 2.24. The smallest absolute Gasteiger partial charge is 0.186 e. The SMILES string of the molecule is CSC(=Cc1ccc(C)cc1OCc1ccccc1)[S+](C)[O-]. The van der Waals surface area contributed by atoms with Crippen LogP contribution in [0.4, 0.5) is 0 Å². The molecule has 4 heteroatoms. The molecule has 2 aromatic carbocycles. The lowest BCUT2D eigenvalue weighted by Gasteiger charge is -2.12. The highest BCUT2D eigenvalue weighted by molar-refractivity contribution is 8.18. The van der Waals surface area contributed by atoms with Crippen LogP contribution < -0.4 is 4.74 Å². The Bertz CT molecular complexity index is 637. The van der Waals surface area contributed by atoms with Gasteiger partial charge in [-0.15, -0.1) is 0 Å². The van der Waals surface area contributed by atoms with Crippen molar-refractivity contribution in [3.05, 3.63) is 69.5 Å². The summed E-state index contributed by atoms with van der Waals surface area (Å²) in [7, 11) is 0. The second-order valence-corrected chi connectivity index (χ2v) is 7.39. The summed E-state index contributed by atoms with van der Waals surface area (Å²) in [5.41, 5.74) is 3.23. The lowest BCUT2D eigenvalue weighted by Crippen LogP contribution is -2.00. The standard InChI is InChI=1S/C18H20O2S2/c1-14-9-10-16(12-18(21-2)22(3)19)17(11-14)20-13-15-7-5-4-6-8-15/h4-12H,13H2,1-3H3. The van der Waals surface area contributed by atoms with Gasteiger partial charge < -0.3 is 9.29 Å². The van der Waals surface area contributed by atoms with Gasteiger partial charge in [-0.3, -0.25) is 0 Å². The summed E-state index contributed by atoms with van der Waals surface area (Å²) in [6.07, 6.45) is 5.58. The first-order valence-corrected chi connectivity index (χ1v) is 9.75. The van der Waals surface area contributed by atoms with Crippen molar-refractivity contribution >= 4 is 29.0 Å². The average molecular weight is 332 g/mol. The molecule has 2 nitrogen and oxygen atoms in total. The normalized spacial score (nSPS) is 13.0. The fraction of sp³-hybridized carbons (Fsp3) is 0.222. The summed E-state index contributed by atoms with van der Waals surface area (Å²) in [4.78, 5) is 0. The number of ether oxygens (including phenoxy) is 1. The number of benzene rings is 2. The Labute approximate surface area is 139 Å². The Morgan fingerprint density at radius 1 is 1.23 bits per heavy atom. The van der Waals surface area contributed by atoms with Gasteiger partial charge in [-0.2, -0.15) is 0 Å². The predicted octanol–water partition coefficient (Wildman–Crippen LogP) is 4.61. The van der Waals surface area contributed by atoms with Crippen molar-refractivity contribution < 1.29 is 9.29 Å². The van der Waals surface area contributed by atoms with Gasteiger partial charge in [-0.05, 0) is 41.5 Å². The van der Waals surface area contributed by atoms with Gasteiger partial charge >= 0.3 is 0 Å². The zero-order valence-corrected chi connectivity index (χ0v) is 14.7. The number of thioether (sulfide) groups is 1. The van der Waals surface area contributed by atoms with E-state index in [1.54, 1.807) is 6.26 Å². The molecule has 0 heterocycles. The molecule has 0 fully saturated rings. The molecule has 0 aliphatic rings. The number of aryl methyl sites for hydroxylation is 1. The molecule has 0 aliphatic carbocycles. The van der Waals surface area contributed by atoms with Gasteiger partial charge in [0.1, 0.15) is 18.6 Å². The number of hydrogen-bond acceptors (Lipinski definition) is 3. The molecular weight excluding hydrogens is 312 g/mol. The van der Waals surface area contributed by atoms with E-state index in [9.17, 15) is 4.55 Å². The molecule has 0 amide bonds. The summed E-state index contributed by atoms with van der Waals surface area (Å²) >= 11 is 0.517. The lowest BCUT2D eigenvalue weighted by molar-refractivity contribution is 0.305. The summed E-state index contributed by atoms with van der Waals surface area (Å²) in [6.45, 7) is 2.56. The Morgan fingerprint density at radius 3 is 2.59 bits per heavy atom. The molecule has 0 saturated carbocycles. The molecule has 2 rings (SSSR count). The monoisotopic (exact) mass is 332 g/mol. The van der Waals surface area contributed by atoms with E-state index in [2.05, 4.69) is 0 Å². The first-order chi connectivity index (χ1) is 10.6. The van der Waals surface area contributed by atoms with Crippen LogP contribution in [0.1, 0.15) is 16.7 Å². The van der Waals surface area contributed by atoms with Crippen molar-refractivity contribution in [2.45, 2.75) is 13.5 Å². The molecule has 0 aliphatic heterocycles. The van der Waals surface area contributed by atoms with Gasteiger partial charge in [-0.25, -0.2) is 0 Å². The predicted molar refractivity (Wildman–Crippen MR) is 97.5 cm³/mol. The molecule has 1 atom stereocenters. The van der Waals surface area contributed by atoms with Crippen LogP contribution in [0.2, 0.25) is 0 Å². The van der Waals surface area contributed by atoms with Gasteiger partial charge in [0.2, 0.25) is 0 Å². The van der Waals surface area contributed by atoms with Crippen molar-refractivity contribution in [2.24, 2.45) is 0 Å². The molecule has 0 spiro atoms. The fourth-order valence-electron chi connectivity index (χ4n) is 2.01. The molecule has 0 radical (unpaired) electrons. The van der Waals surface area contributed by atoms with E-state index in [0.717, 1.165) is 26.7 Å². The quantitative estimate of drug-likeness (QED) is 0.724. The van der Waals surface area contributed by atoms with Gasteiger partial charge in [0.15, 0.2) is 4.24 Å². The first kappa shape index (κ1) is 17.0. The Kier molecular flexibility index (Phi) is 6.43. The van der Waals surface area contributed by atoms with Gasteiger partial charge in [-0.1, -0.05) is 54.2 Å². The first-order valence-electron chi connectivity index (χ1n) is 6.96. The van der Waals surface area contributed by atoms with Crippen LogP contribution in [0.3, 0.4) is 0 Å². The molecule has 0 N–H and O–H groups in total. The maximum absolute atomic E-state index is 11.7. The van der Waals surface area contributed by atoms with Gasteiger partial charge in [0.05, 0.1) is 0 Å². The summed E-state index contributed by atoms with van der Waals surface area (Å²) < 4.78 is 18.5. The molecule has 2 aromatic rings. The Morgan fingerprint density at radius 2 is 1.95 bits per heavy atom. The number of rotatable bonds is 6. The fourth-order valence-corrected chi connectivity index (χ4v) is 3.48. The molecule has 1 unspecified atom stereocenters. The van der Waals surface area contributed by atoms with Crippen LogP contribution in [0.25, 0.3) is 6.08 Å².